The van der Waals surface area contributed by atoms with Gasteiger partial charge in [-0.05, 0) is 124 Å². The van der Waals surface area contributed by atoms with Crippen molar-refractivity contribution in [2.24, 2.45) is 22.7 Å². The number of thiazole rings is 1. The normalized spacial score (nSPS) is 25.0. The number of aromatic nitrogens is 4. The largest absolute Gasteiger partial charge is 0.476 e. The van der Waals surface area contributed by atoms with E-state index in [1.165, 1.54) is 24.0 Å². The molecule has 5 atom stereocenters. The second-order valence-electron chi connectivity index (χ2n) is 18.2. The molecule has 0 radical (unpaired) electrons. The van der Waals surface area contributed by atoms with Gasteiger partial charge in [0.2, 0.25) is 0 Å². The lowest BCUT2D eigenvalue weighted by atomic mass is 9.53. The van der Waals surface area contributed by atoms with E-state index < -0.39 is 5.97 Å². The number of nitrogens with one attached hydrogen (secondary N) is 3. The number of carboxylic acid groups (broad SMARTS) is 1. The predicted octanol–water partition coefficient (Wildman–Crippen LogP) is 7.42. The van der Waals surface area contributed by atoms with E-state index in [0.29, 0.717) is 65.0 Å². The Kier molecular flexibility index (Phi) is 13.2. The van der Waals surface area contributed by atoms with Crippen molar-refractivity contribution < 1.29 is 24.9 Å². The topological polar surface area (TPSA) is 193 Å². The van der Waals surface area contributed by atoms with Crippen molar-refractivity contribution >= 4 is 61.9 Å². The quantitative estimate of drug-likeness (QED) is 0.0483. The number of hydrogen-bond acceptors (Lipinski definition) is 14. The second-order valence-corrected chi connectivity index (χ2v) is 19.2. The Balaban J connectivity index is 1.04. The van der Waals surface area contributed by atoms with Gasteiger partial charge in [0.05, 0.1) is 22.4 Å². The highest BCUT2D eigenvalue weighted by atomic mass is 32.1. The highest BCUT2D eigenvalue weighted by Crippen LogP contribution is 2.66. The van der Waals surface area contributed by atoms with E-state index in [0.717, 1.165) is 79.8 Å². The molecule has 4 aliphatic rings. The lowest BCUT2D eigenvalue weighted by Crippen LogP contribution is -2.53. The summed E-state index contributed by atoms with van der Waals surface area (Å²) in [6, 6.07) is 13.3. The van der Waals surface area contributed by atoms with Crippen LogP contribution in [0.5, 0.6) is 0 Å². The molecule has 322 valence electrons. The number of hydrogen-bond donors (Lipinski definition) is 6. The number of para-hydroxylation sites is 1. The van der Waals surface area contributed by atoms with Crippen molar-refractivity contribution in [3.63, 3.8) is 0 Å². The van der Waals surface area contributed by atoms with Crippen LogP contribution in [-0.2, 0) is 4.74 Å². The van der Waals surface area contributed by atoms with Gasteiger partial charge in [0.1, 0.15) is 5.82 Å². The van der Waals surface area contributed by atoms with Crippen LogP contribution < -0.4 is 15.5 Å². The first-order valence-electron chi connectivity index (χ1n) is 21.2. The summed E-state index contributed by atoms with van der Waals surface area (Å²) in [7, 11) is 1.77. The number of aliphatic hydroxyl groups excluding tert-OH is 2. The number of ether oxygens (including phenoxy) is 1. The summed E-state index contributed by atoms with van der Waals surface area (Å²) in [5.41, 5.74) is 3.38. The molecule has 4 saturated carbocycles. The van der Waals surface area contributed by atoms with Gasteiger partial charge in [-0.1, -0.05) is 37.3 Å². The minimum Gasteiger partial charge on any atom is -0.476 e. The zero-order valence-corrected chi connectivity index (χ0v) is 36.4. The van der Waals surface area contributed by atoms with Crippen LogP contribution in [0.2, 0.25) is 0 Å². The van der Waals surface area contributed by atoms with Gasteiger partial charge in [0, 0.05) is 69.5 Å². The number of benzene rings is 1. The van der Waals surface area contributed by atoms with E-state index in [1.54, 1.807) is 24.1 Å². The summed E-state index contributed by atoms with van der Waals surface area (Å²) in [6.07, 6.45) is 9.21. The first-order chi connectivity index (χ1) is 28.7. The number of aryl methyl sites for hydroxylation is 1. The van der Waals surface area contributed by atoms with Crippen LogP contribution in [0.25, 0.3) is 15.8 Å². The molecule has 5 unspecified atom stereocenters. The molecule has 14 nitrogen and oxygen atoms in total. The standard InChI is InChI=1S/C45H61N9O5S/c1-29-20-38(51-52-40(29)50-42-48-35-10-6-7-11-36(35)60-42)53(5)37-13-12-33(39(49-37)41(57)58)34(24-46)30(2)47-25-32-22-44(4)26-43(3)21-31(32)23-45(27-43,28-44)59-19-16-54(14-8-17-55)15-9-18-56/h6-7,10-13,20,24,31-32,46-47,55-56H,8-9,14-19,21-23,25-28H2,1-5H3,(H,57,58)(H,48,50,52)/b34-30+,46-24?. The van der Waals surface area contributed by atoms with Crippen molar-refractivity contribution in [2.75, 3.05) is 63.3 Å². The van der Waals surface area contributed by atoms with Crippen LogP contribution >= 0.6 is 11.3 Å². The number of carboxylic acids is 1. The van der Waals surface area contributed by atoms with Gasteiger partial charge in [-0.2, -0.15) is 0 Å². The van der Waals surface area contributed by atoms with E-state index in [2.05, 4.69) is 49.5 Å². The lowest BCUT2D eigenvalue weighted by Gasteiger charge is -2.56. The number of nitrogens with zero attached hydrogens (tertiary/aromatic N) is 6. The monoisotopic (exact) mass is 839 g/mol. The fourth-order valence-corrected chi connectivity index (χ4v) is 11.8. The van der Waals surface area contributed by atoms with Gasteiger partial charge in [0.25, 0.3) is 0 Å². The molecule has 15 heteroatoms. The maximum Gasteiger partial charge on any atom is 0.355 e. The second kappa shape index (κ2) is 18.2. The summed E-state index contributed by atoms with van der Waals surface area (Å²) in [4.78, 5) is 26.0. The fraction of sp³-hybridized carbons (Fsp3) is 0.556. The van der Waals surface area contributed by atoms with E-state index >= 15 is 0 Å². The molecule has 60 heavy (non-hydrogen) atoms. The van der Waals surface area contributed by atoms with Gasteiger partial charge >= 0.3 is 5.97 Å². The van der Waals surface area contributed by atoms with Gasteiger partial charge in [-0.25, -0.2) is 14.8 Å². The van der Waals surface area contributed by atoms with E-state index in [1.807, 2.05) is 44.2 Å². The molecule has 3 aromatic heterocycles. The zero-order valence-electron chi connectivity index (χ0n) is 35.6. The summed E-state index contributed by atoms with van der Waals surface area (Å²) in [5.74, 6) is 1.16. The number of allylic oxidation sites excluding steroid dienone is 2. The molecule has 8 rings (SSSR count). The third-order valence-electron chi connectivity index (χ3n) is 13.0. The molecule has 3 heterocycles. The first kappa shape index (κ1) is 43.5. The number of aromatic carboxylic acids is 1. The number of aliphatic hydroxyl groups is 2. The minimum atomic E-state index is -1.18. The molecule has 0 saturated heterocycles. The van der Waals surface area contributed by atoms with E-state index in [-0.39, 0.29) is 35.3 Å². The summed E-state index contributed by atoms with van der Waals surface area (Å²) >= 11 is 1.54. The van der Waals surface area contributed by atoms with Crippen molar-refractivity contribution in [3.05, 3.63) is 65.0 Å². The molecule has 0 aliphatic heterocycles. The highest BCUT2D eigenvalue weighted by Gasteiger charge is 2.60. The van der Waals surface area contributed by atoms with Crippen LogP contribution in [0.4, 0.5) is 22.6 Å². The predicted molar refractivity (Wildman–Crippen MR) is 238 cm³/mol. The number of carbonyl (C=O) groups is 1. The fourth-order valence-electron chi connectivity index (χ4n) is 10.9. The summed E-state index contributed by atoms with van der Waals surface area (Å²) in [5, 5.41) is 54.1. The Morgan fingerprint density at radius 1 is 0.983 bits per heavy atom. The number of fused-ring (bicyclic) bond motifs is 2. The summed E-state index contributed by atoms with van der Waals surface area (Å²) < 4.78 is 8.03. The molecular formula is C45H61N9O5S. The van der Waals surface area contributed by atoms with Gasteiger partial charge in [-0.3, -0.25) is 0 Å². The van der Waals surface area contributed by atoms with Crippen molar-refractivity contribution in [3.8, 4) is 0 Å². The van der Waals surface area contributed by atoms with Gasteiger partial charge in [-0.15, -0.1) is 10.2 Å². The Morgan fingerprint density at radius 2 is 1.72 bits per heavy atom. The molecule has 0 amide bonds. The van der Waals surface area contributed by atoms with Gasteiger partial charge in [0.15, 0.2) is 22.5 Å². The van der Waals surface area contributed by atoms with Crippen LogP contribution in [0.1, 0.15) is 93.8 Å². The molecule has 4 aromatic rings. The number of rotatable bonds is 20. The molecule has 6 N–H and O–H groups in total. The SMILES string of the molecule is C/C(NCC1CC2(C)CC3(C)CC1CC(OCCN(CCCO)CCCO)(C2)C3)=C(/C=N)c1ccc(N(C)c2cc(C)c(Nc3nc4ccccc4s3)nn2)nc1C(=O)O. The maximum absolute atomic E-state index is 12.7. The smallest absolute Gasteiger partial charge is 0.355 e. The Morgan fingerprint density at radius 3 is 2.40 bits per heavy atom. The van der Waals surface area contributed by atoms with Crippen LogP contribution in [0, 0.1) is 35.0 Å². The molecule has 4 bridgehead atoms. The average Bonchev–Trinajstić information content (AvgIpc) is 3.56. The molecule has 4 aliphatic carbocycles. The molecule has 4 fully saturated rings. The average molecular weight is 840 g/mol. The minimum absolute atomic E-state index is 0.137. The summed E-state index contributed by atoms with van der Waals surface area (Å²) in [6.45, 7) is 12.8. The maximum atomic E-state index is 12.7. The van der Waals surface area contributed by atoms with Crippen molar-refractivity contribution in [1.82, 2.24) is 30.4 Å². The molecular weight excluding hydrogens is 779 g/mol. The number of pyridine rings is 1. The number of anilines is 4. The third-order valence-corrected chi connectivity index (χ3v) is 13.9. The molecule has 1 aromatic carbocycles. The Hall–Kier alpha value is -4.54. The zero-order chi connectivity index (χ0) is 42.7. The first-order valence-corrected chi connectivity index (χ1v) is 22.1. The van der Waals surface area contributed by atoms with Crippen LogP contribution in [0.3, 0.4) is 0 Å². The highest BCUT2D eigenvalue weighted by molar-refractivity contribution is 7.22. The van der Waals surface area contributed by atoms with Gasteiger partial charge < -0.3 is 45.9 Å². The van der Waals surface area contributed by atoms with Crippen LogP contribution in [-0.4, -0.2) is 111 Å². The van der Waals surface area contributed by atoms with E-state index in [4.69, 9.17) is 10.1 Å². The third kappa shape index (κ3) is 9.65. The lowest BCUT2D eigenvalue weighted by molar-refractivity contribution is -0.165. The van der Waals surface area contributed by atoms with Crippen LogP contribution in [0.15, 0.2) is 48.2 Å². The molecule has 0 spiro atoms. The Bertz CT molecular complexity index is 2180. The Labute approximate surface area is 357 Å². The van der Waals surface area contributed by atoms with Crippen molar-refractivity contribution in [2.45, 2.75) is 84.7 Å². The van der Waals surface area contributed by atoms with Crippen molar-refractivity contribution in [1.29, 1.82) is 5.41 Å². The van der Waals surface area contributed by atoms with E-state index in [9.17, 15) is 20.1 Å².